The number of hydrogen-bond donors (Lipinski definition) is 4. The van der Waals surface area contributed by atoms with Gasteiger partial charge in [-0.2, -0.15) is 0 Å². The minimum Gasteiger partial charge on any atom is -0.481 e. The largest absolute Gasteiger partial charge is 0.481 e. The lowest BCUT2D eigenvalue weighted by molar-refractivity contribution is -0.137. The Balaban J connectivity index is 0.000000290. The standard InChI is InChI=1S/C22H32N2O3.C22H31NO4/c23-21(26)12-6-1-2-7-16-24-19(11-8-13-22(24)27)14-15-20(25)17-18-9-4-3-5-10-18;24-20(17-18-9-4-3-5-10-18)15-14-19-11-8-12-21(25)23(19)16-7-2-1-6-13-22(26)27/h3-5,9-10,14-15,19-20,25H,1-2,6-8,11-13,16-17H2,(H2,23,26);3-5,9-10,14-15,19-20,24H,1-2,6-8,11-13,16-17H2,(H,26,27)/b2*15-14+/t2*19-,20?/m11/s1. The van der Waals surface area contributed by atoms with Crippen molar-refractivity contribution in [1.29, 1.82) is 0 Å². The van der Waals surface area contributed by atoms with Gasteiger partial charge in [0.15, 0.2) is 0 Å². The number of aliphatic hydroxyl groups excluding tert-OH is 2. The number of carbonyl (C=O) groups excluding carboxylic acids is 3. The molecule has 0 radical (unpaired) electrons. The van der Waals surface area contributed by atoms with Crippen LogP contribution in [0.4, 0.5) is 0 Å². The molecular formula is C44H63N3O7. The minimum atomic E-state index is -0.750. The molecule has 2 aliphatic heterocycles. The number of carboxylic acid groups (broad SMARTS) is 1. The van der Waals surface area contributed by atoms with E-state index in [1.807, 2.05) is 94.8 Å². The molecule has 3 amide bonds. The quantitative estimate of drug-likeness (QED) is 0.0788. The number of primary amides is 1. The van der Waals surface area contributed by atoms with Crippen molar-refractivity contribution in [1.82, 2.24) is 9.80 Å². The predicted octanol–water partition coefficient (Wildman–Crippen LogP) is 6.53. The number of unbranched alkanes of at least 4 members (excludes halogenated alkanes) is 6. The van der Waals surface area contributed by atoms with E-state index in [1.54, 1.807) is 0 Å². The molecule has 4 atom stereocenters. The first-order chi connectivity index (χ1) is 26.1. The SMILES string of the molecule is NC(=O)CCCCCCN1C(=O)CCC[C@@H]1/C=C/C(O)Cc1ccccc1.O=C(O)CCCCCCN1C(=O)CCC[C@@H]1/C=C/C(O)Cc1ccccc1. The van der Waals surface area contributed by atoms with Crippen LogP contribution in [0.15, 0.2) is 85.0 Å². The van der Waals surface area contributed by atoms with E-state index in [4.69, 9.17) is 10.8 Å². The lowest BCUT2D eigenvalue weighted by Gasteiger charge is -2.34. The molecule has 54 heavy (non-hydrogen) atoms. The lowest BCUT2D eigenvalue weighted by Crippen LogP contribution is -2.43. The fourth-order valence-electron chi connectivity index (χ4n) is 7.08. The number of carbonyl (C=O) groups is 4. The third-order valence-electron chi connectivity index (χ3n) is 10.0. The van der Waals surface area contributed by atoms with Gasteiger partial charge in [0.25, 0.3) is 0 Å². The van der Waals surface area contributed by atoms with Gasteiger partial charge in [-0.1, -0.05) is 111 Å². The van der Waals surface area contributed by atoms with E-state index < -0.39 is 18.2 Å². The molecule has 0 bridgehead atoms. The number of nitrogens with zero attached hydrogens (tertiary/aromatic N) is 2. The highest BCUT2D eigenvalue weighted by Gasteiger charge is 2.27. The Kier molecular flexibility index (Phi) is 21.0. The number of likely N-dealkylation sites (tertiary alicyclic amines) is 2. The van der Waals surface area contributed by atoms with Gasteiger partial charge >= 0.3 is 5.97 Å². The summed E-state index contributed by atoms with van der Waals surface area (Å²) in [6.07, 6.45) is 20.3. The second kappa shape index (κ2) is 25.7. The van der Waals surface area contributed by atoms with Gasteiger partial charge in [-0.05, 0) is 62.5 Å². The van der Waals surface area contributed by atoms with Crippen LogP contribution in [-0.4, -0.2) is 86.2 Å². The van der Waals surface area contributed by atoms with E-state index >= 15 is 0 Å². The van der Waals surface area contributed by atoms with Gasteiger partial charge in [0.1, 0.15) is 0 Å². The number of carboxylic acids is 1. The number of amides is 3. The average molecular weight is 746 g/mol. The van der Waals surface area contributed by atoms with Crippen molar-refractivity contribution in [3.63, 3.8) is 0 Å². The first-order valence-corrected chi connectivity index (χ1v) is 20.0. The predicted molar refractivity (Wildman–Crippen MR) is 212 cm³/mol. The van der Waals surface area contributed by atoms with Crippen LogP contribution < -0.4 is 5.73 Å². The summed E-state index contributed by atoms with van der Waals surface area (Å²) < 4.78 is 0. The van der Waals surface area contributed by atoms with Gasteiger partial charge in [-0.25, -0.2) is 0 Å². The van der Waals surface area contributed by atoms with Crippen LogP contribution in [0.2, 0.25) is 0 Å². The highest BCUT2D eigenvalue weighted by atomic mass is 16.4. The van der Waals surface area contributed by atoms with E-state index in [0.29, 0.717) is 45.1 Å². The van der Waals surface area contributed by atoms with Crippen molar-refractivity contribution < 1.29 is 34.5 Å². The molecule has 5 N–H and O–H groups in total. The summed E-state index contributed by atoms with van der Waals surface area (Å²) in [6.45, 7) is 1.44. The van der Waals surface area contributed by atoms with Gasteiger partial charge in [-0.3, -0.25) is 19.2 Å². The van der Waals surface area contributed by atoms with Crippen LogP contribution in [0.1, 0.15) is 114 Å². The maximum atomic E-state index is 12.3. The molecule has 4 rings (SSSR count). The fourth-order valence-corrected chi connectivity index (χ4v) is 7.08. The van der Waals surface area contributed by atoms with E-state index in [-0.39, 0.29) is 36.2 Å². The maximum absolute atomic E-state index is 12.3. The minimum absolute atomic E-state index is 0.0516. The van der Waals surface area contributed by atoms with Crippen molar-refractivity contribution in [3.8, 4) is 0 Å². The highest BCUT2D eigenvalue weighted by molar-refractivity contribution is 5.78. The van der Waals surface area contributed by atoms with Crippen molar-refractivity contribution in [3.05, 3.63) is 96.1 Å². The van der Waals surface area contributed by atoms with Crippen LogP contribution >= 0.6 is 0 Å². The third-order valence-corrected chi connectivity index (χ3v) is 10.0. The molecule has 2 aromatic carbocycles. The summed E-state index contributed by atoms with van der Waals surface area (Å²) in [6, 6.07) is 19.9. The number of rotatable bonds is 22. The monoisotopic (exact) mass is 745 g/mol. The summed E-state index contributed by atoms with van der Waals surface area (Å²) in [5.74, 6) is -0.620. The van der Waals surface area contributed by atoms with E-state index in [9.17, 15) is 29.4 Å². The number of piperidine rings is 2. The fraction of sp³-hybridized carbons (Fsp3) is 0.545. The number of aliphatic hydroxyl groups is 2. The van der Waals surface area contributed by atoms with Gasteiger partial charge in [0, 0.05) is 51.6 Å². The smallest absolute Gasteiger partial charge is 0.303 e. The number of benzene rings is 2. The maximum Gasteiger partial charge on any atom is 0.303 e. The Labute approximate surface area is 322 Å². The summed E-state index contributed by atoms with van der Waals surface area (Å²) in [5.41, 5.74) is 7.34. The van der Waals surface area contributed by atoms with Gasteiger partial charge in [0.05, 0.1) is 24.3 Å². The molecule has 2 heterocycles. The molecule has 2 saturated heterocycles. The van der Waals surface area contributed by atoms with Crippen LogP contribution in [0.3, 0.4) is 0 Å². The molecule has 2 unspecified atom stereocenters. The third kappa shape index (κ3) is 18.2. The summed E-state index contributed by atoms with van der Waals surface area (Å²) in [7, 11) is 0. The Bertz CT molecular complexity index is 1340. The topological polar surface area (TPSA) is 161 Å². The molecule has 0 saturated carbocycles. The molecule has 2 aliphatic rings. The molecule has 10 heteroatoms. The Morgan fingerprint density at radius 3 is 1.46 bits per heavy atom. The zero-order chi connectivity index (χ0) is 39.0. The molecule has 296 valence electrons. The molecule has 2 aromatic rings. The second-order valence-electron chi connectivity index (χ2n) is 14.6. The second-order valence-corrected chi connectivity index (χ2v) is 14.6. The van der Waals surface area contributed by atoms with Crippen LogP contribution in [0.5, 0.6) is 0 Å². The Morgan fingerprint density at radius 1 is 0.648 bits per heavy atom. The molecule has 2 fully saturated rings. The molecular weight excluding hydrogens is 682 g/mol. The van der Waals surface area contributed by atoms with Crippen molar-refractivity contribution in [2.24, 2.45) is 5.73 Å². The summed E-state index contributed by atoms with van der Waals surface area (Å²) in [4.78, 5) is 49.8. The number of hydrogen-bond acceptors (Lipinski definition) is 6. The van der Waals surface area contributed by atoms with Crippen molar-refractivity contribution in [2.45, 2.75) is 140 Å². The Hall–Kier alpha value is -4.28. The normalized spacial score (nSPS) is 18.8. The Morgan fingerprint density at radius 2 is 1.06 bits per heavy atom. The summed E-state index contributed by atoms with van der Waals surface area (Å²) in [5, 5.41) is 29.2. The average Bonchev–Trinajstić information content (AvgIpc) is 3.15. The van der Waals surface area contributed by atoms with E-state index in [1.165, 1.54) is 0 Å². The van der Waals surface area contributed by atoms with Gasteiger partial charge < -0.3 is 30.9 Å². The molecule has 0 aliphatic carbocycles. The zero-order valence-electron chi connectivity index (χ0n) is 32.0. The van der Waals surface area contributed by atoms with Gasteiger partial charge in [0.2, 0.25) is 17.7 Å². The zero-order valence-corrected chi connectivity index (χ0v) is 32.0. The molecule has 10 nitrogen and oxygen atoms in total. The van der Waals surface area contributed by atoms with E-state index in [2.05, 4.69) is 0 Å². The van der Waals surface area contributed by atoms with Crippen molar-refractivity contribution >= 4 is 23.7 Å². The molecule has 0 aromatic heterocycles. The molecule has 0 spiro atoms. The van der Waals surface area contributed by atoms with Gasteiger partial charge in [-0.15, -0.1) is 0 Å². The number of aliphatic carboxylic acids is 1. The van der Waals surface area contributed by atoms with E-state index in [0.717, 1.165) is 88.3 Å². The van der Waals surface area contributed by atoms with Crippen LogP contribution in [0, 0.1) is 0 Å². The first kappa shape index (κ1) is 44.1. The van der Waals surface area contributed by atoms with Crippen LogP contribution in [0.25, 0.3) is 0 Å². The first-order valence-electron chi connectivity index (χ1n) is 20.0. The highest BCUT2D eigenvalue weighted by Crippen LogP contribution is 2.22. The van der Waals surface area contributed by atoms with Crippen molar-refractivity contribution in [2.75, 3.05) is 13.1 Å². The summed E-state index contributed by atoms with van der Waals surface area (Å²) >= 11 is 0. The number of nitrogens with two attached hydrogens (primary N) is 1. The lowest BCUT2D eigenvalue weighted by atomic mass is 9.99. The van der Waals surface area contributed by atoms with Crippen LogP contribution in [-0.2, 0) is 32.0 Å².